The van der Waals surface area contributed by atoms with Gasteiger partial charge in [0.15, 0.2) is 0 Å². The van der Waals surface area contributed by atoms with Crippen LogP contribution in [0.3, 0.4) is 0 Å². The second kappa shape index (κ2) is 11.5. The van der Waals surface area contributed by atoms with Crippen LogP contribution in [0.25, 0.3) is 88.4 Å². The average molecular weight is 637 g/mol. The standard InChI is InChI=1S/C48H32N2/c1-3-14-33(15-4-1)36-28-31-38(34-16-5-2-6-17-34)47(32-36)50-45-24-12-9-20-42(45)48-39(21-13-25-46(48)50)35-26-29-37(30-27-35)49-43-22-10-7-18-40(43)41-19-8-11-23-44(41)49/h1-32H. The van der Waals surface area contributed by atoms with E-state index in [-0.39, 0.29) is 0 Å². The second-order valence-corrected chi connectivity index (χ2v) is 12.9. The first-order valence-corrected chi connectivity index (χ1v) is 17.2. The number of fused-ring (bicyclic) bond motifs is 6. The SMILES string of the molecule is c1ccc(-c2ccc(-c3ccccc3)c(-n3c4ccccc4c4c(-c5ccc(-n6c7ccccc7c7ccccc76)cc5)cccc43)c2)cc1. The summed E-state index contributed by atoms with van der Waals surface area (Å²) < 4.78 is 4.85. The topological polar surface area (TPSA) is 9.86 Å². The number of nitrogens with zero attached hydrogens (tertiary/aromatic N) is 2. The minimum absolute atomic E-state index is 1.16. The van der Waals surface area contributed by atoms with Crippen molar-refractivity contribution in [2.24, 2.45) is 0 Å². The largest absolute Gasteiger partial charge is 0.309 e. The van der Waals surface area contributed by atoms with Crippen LogP contribution in [-0.4, -0.2) is 9.13 Å². The summed E-state index contributed by atoms with van der Waals surface area (Å²) in [5.74, 6) is 0. The summed E-state index contributed by atoms with van der Waals surface area (Å²) in [5, 5.41) is 5.05. The predicted octanol–water partition coefficient (Wildman–Crippen LogP) is 12.9. The third-order valence-corrected chi connectivity index (χ3v) is 10.1. The molecule has 0 spiro atoms. The van der Waals surface area contributed by atoms with E-state index in [4.69, 9.17) is 0 Å². The quantitative estimate of drug-likeness (QED) is 0.178. The Morgan fingerprint density at radius 3 is 1.44 bits per heavy atom. The minimum Gasteiger partial charge on any atom is -0.309 e. The Kier molecular flexibility index (Phi) is 6.53. The normalized spacial score (nSPS) is 11.6. The van der Waals surface area contributed by atoms with Crippen LogP contribution in [-0.2, 0) is 0 Å². The fraction of sp³-hybridized carbons (Fsp3) is 0. The Morgan fingerprint density at radius 1 is 0.280 bits per heavy atom. The van der Waals surface area contributed by atoms with Crippen LogP contribution in [0.15, 0.2) is 194 Å². The highest BCUT2D eigenvalue weighted by Gasteiger charge is 2.19. The van der Waals surface area contributed by atoms with Crippen molar-refractivity contribution < 1.29 is 0 Å². The summed E-state index contributed by atoms with van der Waals surface area (Å²) >= 11 is 0. The summed E-state index contributed by atoms with van der Waals surface area (Å²) in [7, 11) is 0. The molecule has 234 valence electrons. The lowest BCUT2D eigenvalue weighted by molar-refractivity contribution is 1.18. The molecule has 0 aliphatic heterocycles. The summed E-state index contributed by atoms with van der Waals surface area (Å²) in [5.41, 5.74) is 14.4. The zero-order valence-corrected chi connectivity index (χ0v) is 27.4. The van der Waals surface area contributed by atoms with Crippen molar-refractivity contribution in [1.82, 2.24) is 9.13 Å². The molecule has 0 fully saturated rings. The fourth-order valence-corrected chi connectivity index (χ4v) is 7.90. The van der Waals surface area contributed by atoms with Gasteiger partial charge in [-0.1, -0.05) is 152 Å². The molecule has 0 atom stereocenters. The van der Waals surface area contributed by atoms with Crippen molar-refractivity contribution >= 4 is 43.6 Å². The number of rotatable bonds is 5. The second-order valence-electron chi connectivity index (χ2n) is 12.9. The lowest BCUT2D eigenvalue weighted by Gasteiger charge is -2.16. The van der Waals surface area contributed by atoms with Gasteiger partial charge in [-0.25, -0.2) is 0 Å². The van der Waals surface area contributed by atoms with E-state index in [0.29, 0.717) is 0 Å². The highest BCUT2D eigenvalue weighted by Crippen LogP contribution is 2.42. The van der Waals surface area contributed by atoms with Crippen molar-refractivity contribution in [2.75, 3.05) is 0 Å². The van der Waals surface area contributed by atoms with E-state index in [9.17, 15) is 0 Å². The molecule has 0 radical (unpaired) electrons. The van der Waals surface area contributed by atoms with Crippen LogP contribution in [0.4, 0.5) is 0 Å². The van der Waals surface area contributed by atoms with E-state index >= 15 is 0 Å². The monoisotopic (exact) mass is 636 g/mol. The molecule has 2 nitrogen and oxygen atoms in total. The molecule has 0 unspecified atom stereocenters. The molecule has 0 saturated carbocycles. The van der Waals surface area contributed by atoms with Gasteiger partial charge in [0, 0.05) is 32.8 Å². The molecular formula is C48H32N2. The average Bonchev–Trinajstić information content (AvgIpc) is 3.72. The van der Waals surface area contributed by atoms with Crippen molar-refractivity contribution in [2.45, 2.75) is 0 Å². The molecule has 2 aromatic heterocycles. The molecule has 10 aromatic rings. The molecule has 0 aliphatic carbocycles. The molecule has 10 rings (SSSR count). The Labute approximate surface area is 290 Å². The molecule has 0 saturated heterocycles. The van der Waals surface area contributed by atoms with Gasteiger partial charge in [-0.2, -0.15) is 0 Å². The Morgan fingerprint density at radius 2 is 0.780 bits per heavy atom. The number of para-hydroxylation sites is 3. The molecule has 8 aromatic carbocycles. The van der Waals surface area contributed by atoms with Gasteiger partial charge in [-0.05, 0) is 70.3 Å². The molecule has 2 heterocycles. The van der Waals surface area contributed by atoms with Gasteiger partial charge >= 0.3 is 0 Å². The summed E-state index contributed by atoms with van der Waals surface area (Å²) in [6.07, 6.45) is 0. The zero-order valence-electron chi connectivity index (χ0n) is 27.4. The minimum atomic E-state index is 1.16. The highest BCUT2D eigenvalue weighted by atomic mass is 15.0. The van der Waals surface area contributed by atoms with E-state index in [1.165, 1.54) is 82.7 Å². The maximum atomic E-state index is 2.47. The molecule has 0 bridgehead atoms. The first-order chi connectivity index (χ1) is 24.8. The van der Waals surface area contributed by atoms with Gasteiger partial charge < -0.3 is 9.13 Å². The smallest absolute Gasteiger partial charge is 0.0547 e. The maximum absolute atomic E-state index is 2.47. The predicted molar refractivity (Wildman–Crippen MR) is 211 cm³/mol. The van der Waals surface area contributed by atoms with Crippen molar-refractivity contribution in [3.8, 4) is 44.8 Å². The Bertz CT molecular complexity index is 2790. The van der Waals surface area contributed by atoms with Crippen LogP contribution in [0, 0.1) is 0 Å². The molecule has 0 N–H and O–H groups in total. The van der Waals surface area contributed by atoms with Gasteiger partial charge in [-0.3, -0.25) is 0 Å². The van der Waals surface area contributed by atoms with E-state index < -0.39 is 0 Å². The van der Waals surface area contributed by atoms with Gasteiger partial charge in [0.2, 0.25) is 0 Å². The summed E-state index contributed by atoms with van der Waals surface area (Å²) in [4.78, 5) is 0. The van der Waals surface area contributed by atoms with Crippen LogP contribution in [0.5, 0.6) is 0 Å². The molecule has 50 heavy (non-hydrogen) atoms. The summed E-state index contributed by atoms with van der Waals surface area (Å²) in [6.45, 7) is 0. The highest BCUT2D eigenvalue weighted by molar-refractivity contribution is 6.16. The van der Waals surface area contributed by atoms with Crippen LogP contribution in [0.2, 0.25) is 0 Å². The number of benzene rings is 8. The van der Waals surface area contributed by atoms with Crippen molar-refractivity contribution in [3.05, 3.63) is 194 Å². The fourth-order valence-electron chi connectivity index (χ4n) is 7.90. The van der Waals surface area contributed by atoms with Crippen molar-refractivity contribution in [3.63, 3.8) is 0 Å². The zero-order chi connectivity index (χ0) is 33.0. The molecule has 2 heteroatoms. The first-order valence-electron chi connectivity index (χ1n) is 17.2. The van der Waals surface area contributed by atoms with E-state index in [1.54, 1.807) is 0 Å². The van der Waals surface area contributed by atoms with Gasteiger partial charge in [-0.15, -0.1) is 0 Å². The Balaban J connectivity index is 1.19. The van der Waals surface area contributed by atoms with Gasteiger partial charge in [0.25, 0.3) is 0 Å². The maximum Gasteiger partial charge on any atom is 0.0547 e. The molecule has 0 aliphatic rings. The van der Waals surface area contributed by atoms with E-state index in [1.807, 2.05) is 0 Å². The van der Waals surface area contributed by atoms with Crippen molar-refractivity contribution in [1.29, 1.82) is 0 Å². The van der Waals surface area contributed by atoms with Crippen LogP contribution >= 0.6 is 0 Å². The third-order valence-electron chi connectivity index (χ3n) is 10.1. The van der Waals surface area contributed by atoms with Crippen LogP contribution < -0.4 is 0 Å². The van der Waals surface area contributed by atoms with E-state index in [2.05, 4.69) is 203 Å². The molecule has 0 amide bonds. The first kappa shape index (κ1) is 28.4. The lowest BCUT2D eigenvalue weighted by Crippen LogP contribution is -1.98. The van der Waals surface area contributed by atoms with E-state index in [0.717, 1.165) is 5.69 Å². The third kappa shape index (κ3) is 4.43. The number of hydrogen-bond donors (Lipinski definition) is 0. The Hall–Kier alpha value is -6.64. The number of hydrogen-bond acceptors (Lipinski definition) is 0. The van der Waals surface area contributed by atoms with Gasteiger partial charge in [0.05, 0.1) is 27.8 Å². The summed E-state index contributed by atoms with van der Waals surface area (Å²) in [6, 6.07) is 70.4. The molecular weight excluding hydrogens is 605 g/mol. The van der Waals surface area contributed by atoms with Gasteiger partial charge in [0.1, 0.15) is 0 Å². The lowest BCUT2D eigenvalue weighted by atomic mass is 9.97. The van der Waals surface area contributed by atoms with Crippen LogP contribution in [0.1, 0.15) is 0 Å². The number of aromatic nitrogens is 2.